The normalized spacial score (nSPS) is 12.9. The van der Waals surface area contributed by atoms with Crippen molar-refractivity contribution in [1.82, 2.24) is 0 Å². The van der Waals surface area contributed by atoms with E-state index in [0.29, 0.717) is 22.5 Å². The van der Waals surface area contributed by atoms with Crippen molar-refractivity contribution in [3.63, 3.8) is 0 Å². The van der Waals surface area contributed by atoms with Crippen molar-refractivity contribution < 1.29 is 29.2 Å². The van der Waals surface area contributed by atoms with Crippen molar-refractivity contribution in [2.24, 2.45) is 0 Å². The highest BCUT2D eigenvalue weighted by atomic mass is 31.0. The Bertz CT molecular complexity index is 906. The van der Waals surface area contributed by atoms with Crippen LogP contribution in [-0.2, 0) is 14.9 Å². The van der Waals surface area contributed by atoms with Gasteiger partial charge in [-0.2, -0.15) is 0 Å². The number of aliphatic hydroxyl groups excluding tert-OH is 2. The van der Waals surface area contributed by atoms with Gasteiger partial charge in [0.1, 0.15) is 36.9 Å². The summed E-state index contributed by atoms with van der Waals surface area (Å²) in [4.78, 5) is 0. The molecule has 2 unspecified atom stereocenters. The summed E-state index contributed by atoms with van der Waals surface area (Å²) in [6, 6.07) is 15.6. The third kappa shape index (κ3) is 9.70. The Kier molecular flexibility index (Phi) is 11.8. The predicted molar refractivity (Wildman–Crippen MR) is 147 cm³/mol. The second kappa shape index (κ2) is 14.3. The van der Waals surface area contributed by atoms with Gasteiger partial charge >= 0.3 is 0 Å². The lowest BCUT2D eigenvalue weighted by atomic mass is 9.78. The molecule has 0 bridgehead atoms. The average Bonchev–Trinajstić information content (AvgIpc) is 2.88. The van der Waals surface area contributed by atoms with E-state index in [1.807, 2.05) is 48.5 Å². The van der Waals surface area contributed by atoms with E-state index in [0.717, 1.165) is 11.1 Å². The molecule has 0 aromatic heterocycles. The molecule has 2 N–H and O–H groups in total. The maximum atomic E-state index is 9.98. The summed E-state index contributed by atoms with van der Waals surface area (Å²) in [7, 11) is 6.45. The summed E-state index contributed by atoms with van der Waals surface area (Å²) in [6.07, 6.45) is 1.49. The lowest BCUT2D eigenvalue weighted by Crippen LogP contribution is -2.24. The Morgan fingerprint density at radius 3 is 1.40 bits per heavy atom. The maximum absolute atomic E-state index is 9.98. The number of aliphatic hydroxyl groups is 2. The van der Waals surface area contributed by atoms with Gasteiger partial charge in [-0.15, -0.1) is 0 Å². The van der Waals surface area contributed by atoms with E-state index >= 15 is 0 Å². The van der Waals surface area contributed by atoms with Crippen LogP contribution in [0, 0.1) is 0 Å². The van der Waals surface area contributed by atoms with E-state index in [1.165, 1.54) is 12.2 Å². The molecule has 0 radical (unpaired) electrons. The Balaban J connectivity index is 1.89. The smallest absolute Gasteiger partial charge is 0.119 e. The summed E-state index contributed by atoms with van der Waals surface area (Å²) >= 11 is 0. The van der Waals surface area contributed by atoms with Crippen LogP contribution in [0.15, 0.2) is 73.8 Å². The minimum absolute atomic E-state index is 0.105. The topological polar surface area (TPSA) is 77.4 Å². The highest BCUT2D eigenvalue weighted by Crippen LogP contribution is 2.33. The summed E-state index contributed by atoms with van der Waals surface area (Å²) < 4.78 is 21.9. The van der Waals surface area contributed by atoms with Gasteiger partial charge in [0.15, 0.2) is 0 Å². The zero-order valence-electron chi connectivity index (χ0n) is 20.2. The van der Waals surface area contributed by atoms with Crippen molar-refractivity contribution in [3.05, 3.63) is 85.0 Å². The second-order valence-corrected chi connectivity index (χ2v) is 9.35. The van der Waals surface area contributed by atoms with E-state index in [1.54, 1.807) is 0 Å². The predicted octanol–water partition coefficient (Wildman–Crippen LogP) is 4.44. The van der Waals surface area contributed by atoms with Crippen LogP contribution in [0.3, 0.4) is 0 Å². The molecule has 0 fully saturated rings. The van der Waals surface area contributed by atoms with Crippen LogP contribution in [0.4, 0.5) is 0 Å². The first-order valence-corrected chi connectivity index (χ1v) is 12.2. The number of rotatable bonds is 16. The van der Waals surface area contributed by atoms with Crippen LogP contribution in [0.2, 0.25) is 0 Å². The molecular formula is C27H34O6P2. The fourth-order valence-corrected chi connectivity index (χ4v) is 3.24. The molecule has 2 rings (SSSR count). The molecule has 0 aliphatic carbocycles. The minimum Gasteiger partial charge on any atom is -0.491 e. The van der Waals surface area contributed by atoms with Gasteiger partial charge in [-0.25, -0.2) is 0 Å². The first-order chi connectivity index (χ1) is 16.6. The Morgan fingerprint density at radius 2 is 1.09 bits per heavy atom. The van der Waals surface area contributed by atoms with E-state index in [4.69, 9.17) is 18.9 Å². The molecule has 2 aromatic carbocycles. The minimum atomic E-state index is -0.765. The molecule has 188 valence electrons. The van der Waals surface area contributed by atoms with Crippen molar-refractivity contribution in [1.29, 1.82) is 0 Å². The quantitative estimate of drug-likeness (QED) is 0.321. The van der Waals surface area contributed by atoms with Gasteiger partial charge in [0, 0.05) is 5.41 Å². The van der Waals surface area contributed by atoms with Crippen molar-refractivity contribution in [2.45, 2.75) is 31.5 Å². The number of benzene rings is 2. The molecular weight excluding hydrogens is 482 g/mol. The molecule has 2 aromatic rings. The molecule has 0 amide bonds. The summed E-state index contributed by atoms with van der Waals surface area (Å²) in [5, 5.41) is 20.0. The van der Waals surface area contributed by atoms with Gasteiger partial charge in [-0.3, -0.25) is 0 Å². The highest BCUT2D eigenvalue weighted by molar-refractivity contribution is 7.21. The molecule has 35 heavy (non-hydrogen) atoms. The zero-order chi connectivity index (χ0) is 25.8. The zero-order valence-corrected chi connectivity index (χ0v) is 22.2. The average molecular weight is 517 g/mol. The van der Waals surface area contributed by atoms with Crippen LogP contribution in [0.25, 0.3) is 0 Å². The van der Waals surface area contributed by atoms with Crippen molar-refractivity contribution in [2.75, 3.05) is 26.4 Å². The second-order valence-electron chi connectivity index (χ2n) is 8.36. The van der Waals surface area contributed by atoms with Gasteiger partial charge in [-0.05, 0) is 47.5 Å². The largest absolute Gasteiger partial charge is 0.491 e. The van der Waals surface area contributed by atoms with Crippen LogP contribution in [0.1, 0.15) is 25.0 Å². The van der Waals surface area contributed by atoms with E-state index < -0.39 is 12.2 Å². The molecule has 0 saturated carbocycles. The number of ether oxygens (including phenoxy) is 4. The molecule has 6 nitrogen and oxygen atoms in total. The first kappa shape index (κ1) is 28.9. The molecule has 0 heterocycles. The molecule has 2 atom stereocenters. The lowest BCUT2D eigenvalue weighted by molar-refractivity contribution is 0.0602. The molecule has 8 heteroatoms. The van der Waals surface area contributed by atoms with Crippen LogP contribution in [0.5, 0.6) is 11.5 Å². The van der Waals surface area contributed by atoms with Crippen LogP contribution >= 0.6 is 17.7 Å². The third-order valence-corrected chi connectivity index (χ3v) is 5.97. The van der Waals surface area contributed by atoms with E-state index in [2.05, 4.69) is 44.7 Å². The van der Waals surface area contributed by atoms with E-state index in [9.17, 15) is 10.2 Å². The lowest BCUT2D eigenvalue weighted by Gasteiger charge is -2.26. The Hall–Kier alpha value is -2.30. The SMILES string of the molecule is C=CC(=P)OCC(O)COc1ccc(C(C)(C)c2ccc(OCC(O)COC(=P)C=C)cc2)cc1. The number of hydrogen-bond acceptors (Lipinski definition) is 6. The highest BCUT2D eigenvalue weighted by Gasteiger charge is 2.23. The standard InChI is InChI=1S/C27H34O6P2/c1-5-25(34)32-17-21(28)15-30-23-11-7-19(8-12-23)27(3,4)20-9-13-24(14-10-20)31-16-22(29)18-33-26(35)6-2/h5-14,21-22,28-29,34-35H,1-2,15-18H2,3-4H3. The van der Waals surface area contributed by atoms with Crippen LogP contribution in [-0.4, -0.2) is 59.8 Å². The molecule has 0 aliphatic rings. The number of hydrogen-bond donors (Lipinski definition) is 2. The monoisotopic (exact) mass is 516 g/mol. The maximum Gasteiger partial charge on any atom is 0.119 e. The summed E-state index contributed by atoms with van der Waals surface area (Å²) in [5.41, 5.74) is 2.91. The van der Waals surface area contributed by atoms with E-state index in [-0.39, 0.29) is 31.8 Å². The van der Waals surface area contributed by atoms with Crippen LogP contribution < -0.4 is 9.47 Å². The van der Waals surface area contributed by atoms with Gasteiger partial charge in [0.25, 0.3) is 0 Å². The summed E-state index contributed by atoms with van der Waals surface area (Å²) in [5.74, 6) is 1.33. The van der Waals surface area contributed by atoms with Gasteiger partial charge in [-0.1, -0.05) is 69.0 Å². The van der Waals surface area contributed by atoms with Crippen molar-refractivity contribution >= 4 is 28.7 Å². The van der Waals surface area contributed by atoms with Gasteiger partial charge in [0.2, 0.25) is 0 Å². The fraction of sp³-hybridized carbons (Fsp3) is 0.333. The molecule has 0 spiro atoms. The first-order valence-electron chi connectivity index (χ1n) is 11.2. The summed E-state index contributed by atoms with van der Waals surface area (Å²) in [6.45, 7) is 11.9. The molecule has 0 aliphatic heterocycles. The Morgan fingerprint density at radius 1 is 0.743 bits per heavy atom. The van der Waals surface area contributed by atoms with Crippen molar-refractivity contribution in [3.8, 4) is 11.5 Å². The van der Waals surface area contributed by atoms with Gasteiger partial charge < -0.3 is 29.2 Å². The molecule has 0 saturated heterocycles. The fourth-order valence-electron chi connectivity index (χ4n) is 3.07. The Labute approximate surface area is 212 Å². The van der Waals surface area contributed by atoms with Gasteiger partial charge in [0.05, 0.1) is 24.2 Å². The third-order valence-electron chi connectivity index (χ3n) is 5.27.